The standard InChI is InChI=1S/C16H25N3O3/c1-3-22-16(20)13-6-8-19(9-7-13)15-12-17-11-14(18-15)5-4-10-21-2/h11-13H,3-10H2,1-2H3. The van der Waals surface area contributed by atoms with Crippen LogP contribution in [0.15, 0.2) is 12.4 Å². The highest BCUT2D eigenvalue weighted by atomic mass is 16.5. The van der Waals surface area contributed by atoms with Crippen molar-refractivity contribution in [3.05, 3.63) is 18.1 Å². The first-order valence-electron chi connectivity index (χ1n) is 7.96. The Morgan fingerprint density at radius 1 is 1.36 bits per heavy atom. The van der Waals surface area contributed by atoms with Gasteiger partial charge in [-0.05, 0) is 32.6 Å². The van der Waals surface area contributed by atoms with Crippen LogP contribution in [0.2, 0.25) is 0 Å². The number of nitrogens with zero attached hydrogens (tertiary/aromatic N) is 3. The summed E-state index contributed by atoms with van der Waals surface area (Å²) in [6.07, 6.45) is 7.05. The van der Waals surface area contributed by atoms with Gasteiger partial charge in [-0.3, -0.25) is 9.78 Å². The van der Waals surface area contributed by atoms with E-state index >= 15 is 0 Å². The highest BCUT2D eigenvalue weighted by Gasteiger charge is 2.26. The molecule has 1 saturated heterocycles. The average Bonchev–Trinajstić information content (AvgIpc) is 2.56. The zero-order valence-corrected chi connectivity index (χ0v) is 13.5. The van der Waals surface area contributed by atoms with Gasteiger partial charge in [0.25, 0.3) is 0 Å². The van der Waals surface area contributed by atoms with Crippen LogP contribution in [0, 0.1) is 5.92 Å². The zero-order valence-electron chi connectivity index (χ0n) is 13.5. The maximum absolute atomic E-state index is 11.8. The quantitative estimate of drug-likeness (QED) is 0.566. The van der Waals surface area contributed by atoms with Gasteiger partial charge in [-0.15, -0.1) is 0 Å². The number of ether oxygens (including phenoxy) is 2. The fourth-order valence-corrected chi connectivity index (χ4v) is 2.67. The monoisotopic (exact) mass is 307 g/mol. The number of carbonyl (C=O) groups is 1. The normalized spacial score (nSPS) is 15.8. The second-order valence-electron chi connectivity index (χ2n) is 5.48. The molecule has 0 amide bonds. The topological polar surface area (TPSA) is 64.5 Å². The Morgan fingerprint density at radius 3 is 2.82 bits per heavy atom. The van der Waals surface area contributed by atoms with Gasteiger partial charge in [-0.2, -0.15) is 0 Å². The van der Waals surface area contributed by atoms with Gasteiger partial charge >= 0.3 is 5.97 Å². The third-order valence-electron chi connectivity index (χ3n) is 3.89. The Balaban J connectivity index is 1.88. The van der Waals surface area contributed by atoms with Crippen molar-refractivity contribution in [2.45, 2.75) is 32.6 Å². The average molecular weight is 307 g/mol. The number of methoxy groups -OCH3 is 1. The SMILES string of the molecule is CCOC(=O)C1CCN(c2cncc(CCCOC)n2)CC1. The molecule has 6 heteroatoms. The van der Waals surface area contributed by atoms with Gasteiger partial charge < -0.3 is 14.4 Å². The van der Waals surface area contributed by atoms with Crippen LogP contribution in [0.4, 0.5) is 5.82 Å². The van der Waals surface area contributed by atoms with E-state index in [9.17, 15) is 4.79 Å². The lowest BCUT2D eigenvalue weighted by molar-refractivity contribution is -0.148. The summed E-state index contributed by atoms with van der Waals surface area (Å²) in [5.74, 6) is 0.854. The van der Waals surface area contributed by atoms with Crippen LogP contribution in [0.1, 0.15) is 31.9 Å². The van der Waals surface area contributed by atoms with Gasteiger partial charge in [0.1, 0.15) is 5.82 Å². The third kappa shape index (κ3) is 4.66. The molecule has 0 saturated carbocycles. The number of anilines is 1. The molecule has 6 nitrogen and oxygen atoms in total. The van der Waals surface area contributed by atoms with E-state index in [4.69, 9.17) is 9.47 Å². The van der Waals surface area contributed by atoms with Gasteiger partial charge in [0.05, 0.1) is 24.4 Å². The highest BCUT2D eigenvalue weighted by Crippen LogP contribution is 2.22. The summed E-state index contributed by atoms with van der Waals surface area (Å²) < 4.78 is 10.2. The molecule has 1 aromatic rings. The van der Waals surface area contributed by atoms with Crippen LogP contribution in [0.3, 0.4) is 0 Å². The van der Waals surface area contributed by atoms with Crippen LogP contribution in [-0.4, -0.2) is 49.4 Å². The summed E-state index contributed by atoms with van der Waals surface area (Å²) >= 11 is 0. The van der Waals surface area contributed by atoms with Gasteiger partial charge in [0, 0.05) is 33.0 Å². The Kier molecular flexibility index (Phi) is 6.58. The van der Waals surface area contributed by atoms with E-state index in [-0.39, 0.29) is 11.9 Å². The molecule has 0 bridgehead atoms. The molecule has 0 unspecified atom stereocenters. The molecule has 1 fully saturated rings. The molecule has 0 spiro atoms. The predicted molar refractivity (Wildman–Crippen MR) is 83.8 cm³/mol. The Labute approximate surface area is 131 Å². The smallest absolute Gasteiger partial charge is 0.309 e. The van der Waals surface area contributed by atoms with E-state index < -0.39 is 0 Å². The lowest BCUT2D eigenvalue weighted by Crippen LogP contribution is -2.37. The van der Waals surface area contributed by atoms with Crippen LogP contribution >= 0.6 is 0 Å². The number of rotatable bonds is 7. The van der Waals surface area contributed by atoms with Crippen molar-refractivity contribution in [1.82, 2.24) is 9.97 Å². The predicted octanol–water partition coefficient (Wildman–Crippen LogP) is 1.84. The maximum Gasteiger partial charge on any atom is 0.309 e. The first-order chi connectivity index (χ1) is 10.7. The number of hydrogen-bond donors (Lipinski definition) is 0. The molecule has 1 aliphatic heterocycles. The van der Waals surface area contributed by atoms with Gasteiger partial charge in [-0.25, -0.2) is 4.98 Å². The summed E-state index contributed by atoms with van der Waals surface area (Å²) in [5, 5.41) is 0. The molecule has 0 aromatic carbocycles. The number of aromatic nitrogens is 2. The molecule has 0 radical (unpaired) electrons. The minimum Gasteiger partial charge on any atom is -0.466 e. The molecule has 1 aromatic heterocycles. The first kappa shape index (κ1) is 16.7. The minimum atomic E-state index is -0.0680. The van der Waals surface area contributed by atoms with Crippen molar-refractivity contribution in [3.8, 4) is 0 Å². The van der Waals surface area contributed by atoms with Gasteiger partial charge in [-0.1, -0.05) is 0 Å². The number of piperidine rings is 1. The number of esters is 1. The third-order valence-corrected chi connectivity index (χ3v) is 3.89. The molecular weight excluding hydrogens is 282 g/mol. The molecule has 22 heavy (non-hydrogen) atoms. The lowest BCUT2D eigenvalue weighted by atomic mass is 9.97. The van der Waals surface area contributed by atoms with Crippen LogP contribution < -0.4 is 4.90 Å². The molecule has 2 rings (SSSR count). The first-order valence-corrected chi connectivity index (χ1v) is 7.96. The number of hydrogen-bond acceptors (Lipinski definition) is 6. The molecule has 122 valence electrons. The summed E-state index contributed by atoms with van der Waals surface area (Å²) in [4.78, 5) is 22.9. The van der Waals surface area contributed by atoms with E-state index in [1.165, 1.54) is 0 Å². The zero-order chi connectivity index (χ0) is 15.8. The summed E-state index contributed by atoms with van der Waals surface area (Å²) in [6, 6.07) is 0. The number of aryl methyl sites for hydroxylation is 1. The van der Waals surface area contributed by atoms with Crippen LogP contribution in [-0.2, 0) is 20.7 Å². The fraction of sp³-hybridized carbons (Fsp3) is 0.688. The lowest BCUT2D eigenvalue weighted by Gasteiger charge is -2.31. The number of carbonyl (C=O) groups excluding carboxylic acids is 1. The van der Waals surface area contributed by atoms with Crippen molar-refractivity contribution in [3.63, 3.8) is 0 Å². The van der Waals surface area contributed by atoms with Crippen molar-refractivity contribution in [2.75, 3.05) is 38.3 Å². The van der Waals surface area contributed by atoms with E-state index in [1.54, 1.807) is 13.3 Å². The van der Waals surface area contributed by atoms with Crippen LogP contribution in [0.5, 0.6) is 0 Å². The van der Waals surface area contributed by atoms with E-state index in [0.29, 0.717) is 6.61 Å². The molecule has 0 aliphatic carbocycles. The Bertz CT molecular complexity index is 473. The summed E-state index contributed by atoms with van der Waals surface area (Å²) in [6.45, 7) is 4.67. The molecular formula is C16H25N3O3. The Morgan fingerprint density at radius 2 is 2.14 bits per heavy atom. The fourth-order valence-electron chi connectivity index (χ4n) is 2.67. The van der Waals surface area contributed by atoms with E-state index in [2.05, 4.69) is 14.9 Å². The van der Waals surface area contributed by atoms with Gasteiger partial charge in [0.15, 0.2) is 0 Å². The minimum absolute atomic E-state index is 0.0223. The Hall–Kier alpha value is -1.69. The molecule has 0 atom stereocenters. The maximum atomic E-state index is 11.8. The van der Waals surface area contributed by atoms with Crippen molar-refractivity contribution < 1.29 is 14.3 Å². The van der Waals surface area contributed by atoms with Crippen molar-refractivity contribution in [1.29, 1.82) is 0 Å². The second-order valence-corrected chi connectivity index (χ2v) is 5.48. The van der Waals surface area contributed by atoms with E-state index in [0.717, 1.165) is 56.9 Å². The van der Waals surface area contributed by atoms with Gasteiger partial charge in [0.2, 0.25) is 0 Å². The second kappa shape index (κ2) is 8.68. The summed E-state index contributed by atoms with van der Waals surface area (Å²) in [7, 11) is 1.70. The van der Waals surface area contributed by atoms with Crippen molar-refractivity contribution in [2.24, 2.45) is 5.92 Å². The van der Waals surface area contributed by atoms with Crippen molar-refractivity contribution >= 4 is 11.8 Å². The largest absolute Gasteiger partial charge is 0.466 e. The van der Waals surface area contributed by atoms with Crippen LogP contribution in [0.25, 0.3) is 0 Å². The molecule has 2 heterocycles. The highest BCUT2D eigenvalue weighted by molar-refractivity contribution is 5.72. The van der Waals surface area contributed by atoms with E-state index in [1.807, 2.05) is 13.1 Å². The molecule has 0 N–H and O–H groups in total. The summed E-state index contributed by atoms with van der Waals surface area (Å²) in [5.41, 5.74) is 0.988. The molecule has 1 aliphatic rings.